The van der Waals surface area contributed by atoms with Crippen molar-refractivity contribution in [2.24, 2.45) is 0 Å². The zero-order valence-corrected chi connectivity index (χ0v) is 18.5. The predicted molar refractivity (Wildman–Crippen MR) is 113 cm³/mol. The fourth-order valence-corrected chi connectivity index (χ4v) is 4.80. The Morgan fingerprint density at radius 3 is 2.14 bits per heavy atom. The number of hydrogen-bond donors (Lipinski definition) is 2. The molecular formula is C21H33N3O4S. The van der Waals surface area contributed by atoms with Gasteiger partial charge in [0.2, 0.25) is 15.9 Å². The lowest BCUT2D eigenvalue weighted by molar-refractivity contribution is -0.121. The van der Waals surface area contributed by atoms with Gasteiger partial charge >= 0.3 is 0 Å². The van der Waals surface area contributed by atoms with Gasteiger partial charge in [-0.2, -0.15) is 0 Å². The van der Waals surface area contributed by atoms with Crippen LogP contribution in [0.15, 0.2) is 29.2 Å². The van der Waals surface area contributed by atoms with Gasteiger partial charge < -0.3 is 10.2 Å². The Bertz CT molecular complexity index is 796. The molecule has 29 heavy (non-hydrogen) atoms. The molecule has 7 nitrogen and oxygen atoms in total. The number of nitrogens with zero attached hydrogens (tertiary/aromatic N) is 1. The summed E-state index contributed by atoms with van der Waals surface area (Å²) in [6.45, 7) is 2.03. The van der Waals surface area contributed by atoms with Gasteiger partial charge in [0.05, 0.1) is 4.90 Å². The average molecular weight is 424 g/mol. The van der Waals surface area contributed by atoms with E-state index >= 15 is 0 Å². The van der Waals surface area contributed by atoms with E-state index in [9.17, 15) is 18.0 Å². The number of hydrogen-bond acceptors (Lipinski definition) is 5. The highest BCUT2D eigenvalue weighted by Gasteiger charge is 2.33. The van der Waals surface area contributed by atoms with Crippen LogP contribution < -0.4 is 10.0 Å². The number of ketones is 1. The van der Waals surface area contributed by atoms with Gasteiger partial charge in [-0.25, -0.2) is 13.1 Å². The molecule has 0 saturated heterocycles. The maximum atomic E-state index is 12.3. The molecule has 1 fully saturated rings. The SMILES string of the molecule is CC(=O)c1ccc(S(=O)(=O)NCCC(=O)NCC2(N(C)C)CCCCCC2)cc1. The van der Waals surface area contributed by atoms with E-state index < -0.39 is 10.0 Å². The van der Waals surface area contributed by atoms with Gasteiger partial charge in [-0.05, 0) is 46.0 Å². The van der Waals surface area contributed by atoms with Gasteiger partial charge in [0.1, 0.15) is 0 Å². The lowest BCUT2D eigenvalue weighted by atomic mass is 9.88. The lowest BCUT2D eigenvalue weighted by Gasteiger charge is -2.39. The second-order valence-corrected chi connectivity index (χ2v) is 9.81. The van der Waals surface area contributed by atoms with Gasteiger partial charge in [0, 0.05) is 30.6 Å². The van der Waals surface area contributed by atoms with E-state index in [0.717, 1.165) is 25.7 Å². The first-order chi connectivity index (χ1) is 13.7. The average Bonchev–Trinajstić information content (AvgIpc) is 2.93. The second-order valence-electron chi connectivity index (χ2n) is 8.04. The number of amides is 1. The van der Waals surface area contributed by atoms with Gasteiger partial charge in [-0.15, -0.1) is 0 Å². The molecule has 0 unspecified atom stereocenters. The fourth-order valence-electron chi connectivity index (χ4n) is 3.77. The normalized spacial score (nSPS) is 17.0. The molecular weight excluding hydrogens is 390 g/mol. The highest BCUT2D eigenvalue weighted by atomic mass is 32.2. The highest BCUT2D eigenvalue weighted by Crippen LogP contribution is 2.30. The van der Waals surface area contributed by atoms with E-state index in [1.54, 1.807) is 0 Å². The molecule has 8 heteroatoms. The summed E-state index contributed by atoms with van der Waals surface area (Å²) >= 11 is 0. The first-order valence-corrected chi connectivity index (χ1v) is 11.7. The van der Waals surface area contributed by atoms with Crippen LogP contribution in [0.2, 0.25) is 0 Å². The van der Waals surface area contributed by atoms with Crippen LogP contribution in [0.4, 0.5) is 0 Å². The zero-order valence-electron chi connectivity index (χ0n) is 17.7. The van der Waals surface area contributed by atoms with Gasteiger partial charge in [-0.1, -0.05) is 37.8 Å². The Labute approximate surface area is 174 Å². The number of benzene rings is 1. The number of rotatable bonds is 9. The Balaban J connectivity index is 1.84. The number of carbonyl (C=O) groups is 2. The van der Waals surface area contributed by atoms with E-state index in [4.69, 9.17) is 0 Å². The highest BCUT2D eigenvalue weighted by molar-refractivity contribution is 7.89. The monoisotopic (exact) mass is 423 g/mol. The van der Waals surface area contributed by atoms with Crippen LogP contribution in [-0.2, 0) is 14.8 Å². The lowest BCUT2D eigenvalue weighted by Crippen LogP contribution is -2.52. The van der Waals surface area contributed by atoms with Crippen LogP contribution in [0.1, 0.15) is 62.2 Å². The summed E-state index contributed by atoms with van der Waals surface area (Å²) in [5.74, 6) is -0.284. The van der Waals surface area contributed by atoms with Crippen LogP contribution in [0, 0.1) is 0 Å². The summed E-state index contributed by atoms with van der Waals surface area (Å²) in [6, 6.07) is 5.76. The van der Waals surface area contributed by atoms with Gasteiger partial charge in [-0.3, -0.25) is 9.59 Å². The second kappa shape index (κ2) is 10.3. The van der Waals surface area contributed by atoms with Crippen LogP contribution in [0.5, 0.6) is 0 Å². The van der Waals surface area contributed by atoms with E-state index in [-0.39, 0.29) is 35.1 Å². The first-order valence-electron chi connectivity index (χ1n) is 10.2. The van der Waals surface area contributed by atoms with Crippen molar-refractivity contribution in [3.8, 4) is 0 Å². The first kappa shape index (κ1) is 23.5. The molecule has 2 N–H and O–H groups in total. The van der Waals surface area contributed by atoms with Crippen molar-refractivity contribution in [1.29, 1.82) is 0 Å². The number of carbonyl (C=O) groups excluding carboxylic acids is 2. The van der Waals surface area contributed by atoms with E-state index in [1.807, 2.05) is 0 Å². The Morgan fingerprint density at radius 2 is 1.62 bits per heavy atom. The van der Waals surface area contributed by atoms with Crippen LogP contribution >= 0.6 is 0 Å². The largest absolute Gasteiger partial charge is 0.354 e. The van der Waals surface area contributed by atoms with E-state index in [1.165, 1.54) is 44.0 Å². The minimum atomic E-state index is -3.71. The van der Waals surface area contributed by atoms with Gasteiger partial charge in [0.25, 0.3) is 0 Å². The van der Waals surface area contributed by atoms with Crippen molar-refractivity contribution in [2.45, 2.75) is 62.3 Å². The minimum Gasteiger partial charge on any atom is -0.354 e. The van der Waals surface area contributed by atoms with Crippen molar-refractivity contribution >= 4 is 21.7 Å². The third-order valence-electron chi connectivity index (χ3n) is 5.81. The quantitative estimate of drug-likeness (QED) is 0.469. The Morgan fingerprint density at radius 1 is 1.03 bits per heavy atom. The number of nitrogens with one attached hydrogen (secondary N) is 2. The summed E-state index contributed by atoms with van der Waals surface area (Å²) in [7, 11) is 0.403. The molecule has 0 atom stereocenters. The van der Waals surface area contributed by atoms with Crippen LogP contribution in [0.25, 0.3) is 0 Å². The van der Waals surface area contributed by atoms with Crippen molar-refractivity contribution in [3.63, 3.8) is 0 Å². The Kier molecular flexibility index (Phi) is 8.36. The summed E-state index contributed by atoms with van der Waals surface area (Å²) in [5.41, 5.74) is 0.432. The molecule has 1 aromatic rings. The topological polar surface area (TPSA) is 95.6 Å². The van der Waals surface area contributed by atoms with Crippen LogP contribution in [0.3, 0.4) is 0 Å². The smallest absolute Gasteiger partial charge is 0.240 e. The minimum absolute atomic E-state index is 0.0237. The Hall–Kier alpha value is -1.77. The molecule has 2 rings (SSSR count). The van der Waals surface area contributed by atoms with Crippen molar-refractivity contribution in [2.75, 3.05) is 27.2 Å². The summed E-state index contributed by atoms with van der Waals surface area (Å²) in [5, 5.41) is 3.00. The standard InChI is InChI=1S/C21H33N3O4S/c1-17(25)18-8-10-19(11-9-18)29(27,28)23-15-12-20(26)22-16-21(24(2)3)13-6-4-5-7-14-21/h8-11,23H,4-7,12-16H2,1-3H3,(H,22,26). The van der Waals surface area contributed by atoms with Crippen LogP contribution in [-0.4, -0.2) is 57.7 Å². The zero-order chi connectivity index (χ0) is 21.5. The van der Waals surface area contributed by atoms with Crippen molar-refractivity contribution in [1.82, 2.24) is 14.9 Å². The molecule has 1 aliphatic rings. The van der Waals surface area contributed by atoms with E-state index in [0.29, 0.717) is 12.1 Å². The number of sulfonamides is 1. The van der Waals surface area contributed by atoms with E-state index in [2.05, 4.69) is 29.0 Å². The molecule has 0 aliphatic heterocycles. The van der Waals surface area contributed by atoms with Crippen molar-refractivity contribution in [3.05, 3.63) is 29.8 Å². The molecule has 0 radical (unpaired) electrons. The van der Waals surface area contributed by atoms with Crippen molar-refractivity contribution < 1.29 is 18.0 Å². The molecule has 1 aliphatic carbocycles. The van der Waals surface area contributed by atoms with Gasteiger partial charge in [0.15, 0.2) is 5.78 Å². The molecule has 162 valence electrons. The predicted octanol–water partition coefficient (Wildman–Crippen LogP) is 2.33. The maximum Gasteiger partial charge on any atom is 0.240 e. The molecule has 1 amide bonds. The molecule has 1 aromatic carbocycles. The molecule has 1 saturated carbocycles. The molecule has 0 spiro atoms. The fraction of sp³-hybridized carbons (Fsp3) is 0.619. The summed E-state index contributed by atoms with van der Waals surface area (Å²) in [6.07, 6.45) is 6.99. The third kappa shape index (κ3) is 6.62. The maximum absolute atomic E-state index is 12.3. The third-order valence-corrected chi connectivity index (χ3v) is 7.29. The summed E-state index contributed by atoms with van der Waals surface area (Å²) in [4.78, 5) is 25.9. The molecule has 0 heterocycles. The number of likely N-dealkylation sites (N-methyl/N-ethyl adjacent to an activating group) is 1. The molecule has 0 bridgehead atoms. The molecule has 0 aromatic heterocycles. The number of Topliss-reactive ketones (excluding diaryl/α,β-unsaturated/α-hetero) is 1. The summed E-state index contributed by atoms with van der Waals surface area (Å²) < 4.78 is 27.1.